The molecule has 2 aromatic carbocycles. The molecule has 1 unspecified atom stereocenters. The van der Waals surface area contributed by atoms with Gasteiger partial charge < -0.3 is 9.64 Å². The maximum atomic E-state index is 12.9. The maximum Gasteiger partial charge on any atom is 0.256 e. The molecule has 0 saturated heterocycles. The number of hydrogen-bond donors (Lipinski definition) is 0. The second-order valence-electron chi connectivity index (χ2n) is 7.31. The average Bonchev–Trinajstić information content (AvgIpc) is 3.36. The van der Waals surface area contributed by atoms with E-state index in [4.69, 9.17) is 9.72 Å². The van der Waals surface area contributed by atoms with Crippen LogP contribution < -0.4 is 10.3 Å². The number of para-hydroxylation sites is 1. The minimum absolute atomic E-state index is 0.0829. The minimum atomic E-state index is -0.136. The topological polar surface area (TPSA) is 47.4 Å². The molecule has 0 bridgehead atoms. The first-order chi connectivity index (χ1) is 15.2. The standard InChI is InChI=1S/C24H21N3O2S2/c1-17-16-30-24(27(17)14-22-25-20-9-5-6-10-21(20)31-22)26-12-11-19(13-23(26)28)29-15-18-7-3-2-4-8-18/h2-13,16,24H,14-15H2,1H3. The van der Waals surface area contributed by atoms with Crippen molar-refractivity contribution < 1.29 is 4.74 Å². The Kier molecular flexibility index (Phi) is 5.53. The van der Waals surface area contributed by atoms with Crippen LogP contribution in [0.1, 0.15) is 23.0 Å². The Balaban J connectivity index is 1.34. The lowest BCUT2D eigenvalue weighted by Gasteiger charge is -2.28. The first kappa shape index (κ1) is 19.9. The molecule has 0 fully saturated rings. The fourth-order valence-corrected chi connectivity index (χ4v) is 5.62. The van der Waals surface area contributed by atoms with E-state index in [1.54, 1.807) is 33.7 Å². The van der Waals surface area contributed by atoms with Crippen LogP contribution in [0.3, 0.4) is 0 Å². The van der Waals surface area contributed by atoms with E-state index in [0.29, 0.717) is 18.9 Å². The molecule has 0 spiro atoms. The molecule has 4 aromatic rings. The van der Waals surface area contributed by atoms with Crippen molar-refractivity contribution in [2.75, 3.05) is 0 Å². The van der Waals surface area contributed by atoms with Gasteiger partial charge in [-0.15, -0.1) is 11.3 Å². The Bertz CT molecular complexity index is 1260. The second-order valence-corrected chi connectivity index (χ2v) is 9.35. The lowest BCUT2D eigenvalue weighted by atomic mass is 10.2. The van der Waals surface area contributed by atoms with Crippen molar-refractivity contribution in [2.45, 2.75) is 25.6 Å². The number of benzene rings is 2. The van der Waals surface area contributed by atoms with Crippen LogP contribution in [0.4, 0.5) is 0 Å². The van der Waals surface area contributed by atoms with E-state index in [0.717, 1.165) is 21.8 Å². The molecule has 0 N–H and O–H groups in total. The lowest BCUT2D eigenvalue weighted by Crippen LogP contribution is -2.32. The quantitative estimate of drug-likeness (QED) is 0.385. The zero-order chi connectivity index (χ0) is 21.2. The first-order valence-electron chi connectivity index (χ1n) is 10.00. The fourth-order valence-electron chi connectivity index (χ4n) is 3.51. The summed E-state index contributed by atoms with van der Waals surface area (Å²) in [5.41, 5.74) is 3.00. The molecular formula is C24H21N3O2S2. The number of rotatable bonds is 6. The highest BCUT2D eigenvalue weighted by Crippen LogP contribution is 2.40. The van der Waals surface area contributed by atoms with Gasteiger partial charge in [0.1, 0.15) is 17.4 Å². The molecule has 1 aliphatic rings. The molecule has 0 amide bonds. The predicted molar refractivity (Wildman–Crippen MR) is 127 cm³/mol. The molecule has 5 rings (SSSR count). The summed E-state index contributed by atoms with van der Waals surface area (Å²) in [6.45, 7) is 3.17. The summed E-state index contributed by atoms with van der Waals surface area (Å²) in [6, 6.07) is 21.5. The highest BCUT2D eigenvalue weighted by Gasteiger charge is 2.27. The Labute approximate surface area is 188 Å². The van der Waals surface area contributed by atoms with Crippen LogP contribution in [0.5, 0.6) is 5.75 Å². The summed E-state index contributed by atoms with van der Waals surface area (Å²) < 4.78 is 8.74. The van der Waals surface area contributed by atoms with Gasteiger partial charge in [0.15, 0.2) is 5.50 Å². The summed E-state index contributed by atoms with van der Waals surface area (Å²) in [5.74, 6) is 0.579. The van der Waals surface area contributed by atoms with Crippen LogP contribution in [0.15, 0.2) is 88.8 Å². The number of ether oxygens (including phenoxy) is 1. The number of thioether (sulfide) groups is 1. The van der Waals surface area contributed by atoms with Gasteiger partial charge in [0.05, 0.1) is 16.8 Å². The second kappa shape index (κ2) is 8.61. The van der Waals surface area contributed by atoms with Crippen molar-refractivity contribution in [1.29, 1.82) is 0 Å². The Morgan fingerprint density at radius 3 is 2.68 bits per heavy atom. The van der Waals surface area contributed by atoms with E-state index in [9.17, 15) is 4.79 Å². The molecule has 31 heavy (non-hydrogen) atoms. The van der Waals surface area contributed by atoms with Crippen molar-refractivity contribution >= 4 is 33.3 Å². The maximum absolute atomic E-state index is 12.9. The summed E-state index contributed by atoms with van der Waals surface area (Å²) >= 11 is 3.33. The highest BCUT2D eigenvalue weighted by molar-refractivity contribution is 8.02. The molecule has 1 atom stereocenters. The lowest BCUT2D eigenvalue weighted by molar-refractivity contribution is 0.261. The zero-order valence-corrected chi connectivity index (χ0v) is 18.6. The number of hydrogen-bond acceptors (Lipinski definition) is 6. The van der Waals surface area contributed by atoms with Gasteiger partial charge in [-0.3, -0.25) is 9.36 Å². The van der Waals surface area contributed by atoms with E-state index in [2.05, 4.69) is 23.3 Å². The molecule has 2 aromatic heterocycles. The summed E-state index contributed by atoms with van der Waals surface area (Å²) in [7, 11) is 0. The summed E-state index contributed by atoms with van der Waals surface area (Å²) in [4.78, 5) is 19.9. The molecule has 0 aliphatic carbocycles. The minimum Gasteiger partial charge on any atom is -0.489 e. The number of fused-ring (bicyclic) bond motifs is 1. The normalized spacial score (nSPS) is 16.0. The van der Waals surface area contributed by atoms with E-state index in [1.165, 1.54) is 4.70 Å². The molecule has 5 nitrogen and oxygen atoms in total. The van der Waals surface area contributed by atoms with Crippen molar-refractivity contribution in [2.24, 2.45) is 0 Å². The summed E-state index contributed by atoms with van der Waals surface area (Å²) in [5, 5.41) is 3.14. The van der Waals surface area contributed by atoms with Gasteiger partial charge in [-0.1, -0.05) is 54.2 Å². The van der Waals surface area contributed by atoms with E-state index >= 15 is 0 Å². The van der Waals surface area contributed by atoms with Crippen LogP contribution in [0, 0.1) is 0 Å². The third-order valence-corrected chi connectivity index (χ3v) is 7.35. The van der Waals surface area contributed by atoms with Crippen LogP contribution in [0.25, 0.3) is 10.2 Å². The summed E-state index contributed by atoms with van der Waals surface area (Å²) in [6.07, 6.45) is 1.82. The van der Waals surface area contributed by atoms with Gasteiger partial charge in [-0.25, -0.2) is 4.98 Å². The van der Waals surface area contributed by atoms with Gasteiger partial charge in [-0.05, 0) is 36.1 Å². The Morgan fingerprint density at radius 1 is 1.06 bits per heavy atom. The van der Waals surface area contributed by atoms with Crippen LogP contribution >= 0.6 is 23.1 Å². The third-order valence-electron chi connectivity index (χ3n) is 5.13. The van der Waals surface area contributed by atoms with Gasteiger partial charge in [0.25, 0.3) is 5.56 Å². The van der Waals surface area contributed by atoms with Gasteiger partial charge >= 0.3 is 0 Å². The molecule has 1 aliphatic heterocycles. The SMILES string of the molecule is CC1=CSC(n2ccc(OCc3ccccc3)cc2=O)N1Cc1nc2ccccc2s1. The van der Waals surface area contributed by atoms with Crippen molar-refractivity contribution in [1.82, 2.24) is 14.5 Å². The van der Waals surface area contributed by atoms with Gasteiger partial charge in [0, 0.05) is 18.0 Å². The first-order valence-corrected chi connectivity index (χ1v) is 11.8. The molecular weight excluding hydrogens is 426 g/mol. The number of thiazole rings is 1. The monoisotopic (exact) mass is 447 g/mol. The van der Waals surface area contributed by atoms with Crippen molar-refractivity contribution in [3.8, 4) is 5.75 Å². The smallest absolute Gasteiger partial charge is 0.256 e. The van der Waals surface area contributed by atoms with E-state index in [-0.39, 0.29) is 11.1 Å². The third kappa shape index (κ3) is 4.24. The van der Waals surface area contributed by atoms with E-state index < -0.39 is 0 Å². The van der Waals surface area contributed by atoms with E-state index in [1.807, 2.05) is 60.8 Å². The number of pyridine rings is 1. The zero-order valence-electron chi connectivity index (χ0n) is 17.0. The van der Waals surface area contributed by atoms with Gasteiger partial charge in [0.2, 0.25) is 0 Å². The van der Waals surface area contributed by atoms with Crippen LogP contribution in [0.2, 0.25) is 0 Å². The Hall–Kier alpha value is -3.03. The number of nitrogens with zero attached hydrogens (tertiary/aromatic N) is 3. The molecule has 0 saturated carbocycles. The molecule has 156 valence electrons. The highest BCUT2D eigenvalue weighted by atomic mass is 32.2. The largest absolute Gasteiger partial charge is 0.489 e. The average molecular weight is 448 g/mol. The Morgan fingerprint density at radius 2 is 1.87 bits per heavy atom. The number of aromatic nitrogens is 2. The van der Waals surface area contributed by atoms with Crippen LogP contribution in [-0.2, 0) is 13.2 Å². The van der Waals surface area contributed by atoms with Crippen molar-refractivity contribution in [3.05, 3.63) is 105 Å². The predicted octanol–water partition coefficient (Wildman–Crippen LogP) is 5.60. The van der Waals surface area contributed by atoms with Crippen molar-refractivity contribution in [3.63, 3.8) is 0 Å². The fraction of sp³-hybridized carbons (Fsp3) is 0.167. The van der Waals surface area contributed by atoms with Gasteiger partial charge in [-0.2, -0.15) is 0 Å². The molecule has 7 heteroatoms. The number of allylic oxidation sites excluding steroid dienone is 1. The molecule has 0 radical (unpaired) electrons. The van der Waals surface area contributed by atoms with Crippen LogP contribution in [-0.4, -0.2) is 14.5 Å². The molecule has 3 heterocycles.